The molecule has 8 heteroatoms. The van der Waals surface area contributed by atoms with Crippen molar-refractivity contribution in [2.45, 2.75) is 25.4 Å². The van der Waals surface area contributed by atoms with Crippen LogP contribution in [0.15, 0.2) is 42.5 Å². The van der Waals surface area contributed by atoms with Crippen molar-refractivity contribution >= 4 is 28.9 Å². The van der Waals surface area contributed by atoms with Gasteiger partial charge >= 0.3 is 0 Å². The zero-order chi connectivity index (χ0) is 19.2. The number of nitro groups is 1. The van der Waals surface area contributed by atoms with Crippen molar-refractivity contribution < 1.29 is 9.72 Å². The van der Waals surface area contributed by atoms with Gasteiger partial charge in [0.05, 0.1) is 4.92 Å². The Hall–Kier alpha value is -2.64. The minimum absolute atomic E-state index is 0.0448. The first kappa shape index (κ1) is 19.1. The number of nitro benzene ring substituents is 1. The summed E-state index contributed by atoms with van der Waals surface area (Å²) in [6.07, 6.45) is 1.90. The first-order valence-electron chi connectivity index (χ1n) is 8.82. The molecule has 0 aromatic heterocycles. The van der Waals surface area contributed by atoms with Crippen molar-refractivity contribution in [2.75, 3.05) is 18.4 Å². The lowest BCUT2D eigenvalue weighted by Crippen LogP contribution is -2.45. The van der Waals surface area contributed by atoms with Crippen LogP contribution in [0.2, 0.25) is 5.02 Å². The highest BCUT2D eigenvalue weighted by atomic mass is 35.5. The molecule has 1 aliphatic heterocycles. The lowest BCUT2D eigenvalue weighted by atomic mass is 10.1. The summed E-state index contributed by atoms with van der Waals surface area (Å²) in [5.41, 5.74) is 1.31. The number of rotatable bonds is 6. The van der Waals surface area contributed by atoms with E-state index in [1.54, 1.807) is 18.2 Å². The minimum atomic E-state index is -0.492. The first-order chi connectivity index (χ1) is 13.0. The van der Waals surface area contributed by atoms with E-state index in [-0.39, 0.29) is 23.2 Å². The number of nitrogens with one attached hydrogen (secondary N) is 3. The average molecular weight is 389 g/mol. The summed E-state index contributed by atoms with van der Waals surface area (Å²) in [7, 11) is 0. The fourth-order valence-corrected chi connectivity index (χ4v) is 3.25. The number of carbonyl (C=O) groups excluding carboxylic acids is 1. The Labute approximate surface area is 162 Å². The summed E-state index contributed by atoms with van der Waals surface area (Å²) in [5, 5.41) is 21.2. The van der Waals surface area contributed by atoms with E-state index in [9.17, 15) is 14.9 Å². The van der Waals surface area contributed by atoms with E-state index >= 15 is 0 Å². The van der Waals surface area contributed by atoms with Crippen LogP contribution in [0.5, 0.6) is 0 Å². The monoisotopic (exact) mass is 388 g/mol. The third-order valence-corrected chi connectivity index (χ3v) is 4.88. The van der Waals surface area contributed by atoms with E-state index in [1.807, 2.05) is 18.2 Å². The van der Waals surface area contributed by atoms with Crippen LogP contribution in [0.25, 0.3) is 0 Å². The highest BCUT2D eigenvalue weighted by Crippen LogP contribution is 2.27. The van der Waals surface area contributed by atoms with E-state index in [0.29, 0.717) is 23.8 Å². The molecular formula is C19H21ClN4O3. The molecule has 0 bridgehead atoms. The van der Waals surface area contributed by atoms with Gasteiger partial charge in [-0.15, -0.1) is 0 Å². The van der Waals surface area contributed by atoms with Gasteiger partial charge in [0, 0.05) is 35.8 Å². The van der Waals surface area contributed by atoms with Gasteiger partial charge in [-0.05, 0) is 43.1 Å². The molecule has 2 aromatic carbocycles. The van der Waals surface area contributed by atoms with Crippen LogP contribution in [0.1, 0.15) is 28.8 Å². The third kappa shape index (κ3) is 4.96. The smallest absolute Gasteiger partial charge is 0.293 e. The summed E-state index contributed by atoms with van der Waals surface area (Å²) in [6.45, 7) is 2.01. The Balaban J connectivity index is 1.73. The van der Waals surface area contributed by atoms with Crippen molar-refractivity contribution in [1.82, 2.24) is 10.6 Å². The number of halogens is 1. The lowest BCUT2D eigenvalue weighted by molar-refractivity contribution is -0.384. The SMILES string of the molecule is O=C(N[C@H]1CCCNC1)c1ccc(NCc2ccccc2Cl)c([N+](=O)[O-])c1. The van der Waals surface area contributed by atoms with Crippen LogP contribution in [0, 0.1) is 10.1 Å². The average Bonchev–Trinajstić information content (AvgIpc) is 2.68. The fourth-order valence-electron chi connectivity index (χ4n) is 3.05. The van der Waals surface area contributed by atoms with Gasteiger partial charge in [0.2, 0.25) is 0 Å². The zero-order valence-corrected chi connectivity index (χ0v) is 15.5. The maximum Gasteiger partial charge on any atom is 0.293 e. The molecule has 1 saturated heterocycles. The number of nitrogens with zero attached hydrogens (tertiary/aromatic N) is 1. The molecule has 1 amide bonds. The first-order valence-corrected chi connectivity index (χ1v) is 9.19. The van der Waals surface area contributed by atoms with Crippen molar-refractivity contribution in [3.8, 4) is 0 Å². The molecule has 1 aliphatic rings. The molecule has 142 valence electrons. The van der Waals surface area contributed by atoms with E-state index in [4.69, 9.17) is 11.6 Å². The number of amides is 1. The van der Waals surface area contributed by atoms with Crippen molar-refractivity contribution in [2.24, 2.45) is 0 Å². The third-order valence-electron chi connectivity index (χ3n) is 4.52. The molecule has 1 heterocycles. The van der Waals surface area contributed by atoms with Crippen LogP contribution in [-0.2, 0) is 6.54 Å². The maximum absolute atomic E-state index is 12.4. The van der Waals surface area contributed by atoms with Crippen LogP contribution < -0.4 is 16.0 Å². The van der Waals surface area contributed by atoms with E-state index in [2.05, 4.69) is 16.0 Å². The Morgan fingerprint density at radius 3 is 2.81 bits per heavy atom. The van der Waals surface area contributed by atoms with Crippen molar-refractivity contribution in [1.29, 1.82) is 0 Å². The zero-order valence-electron chi connectivity index (χ0n) is 14.7. The number of carbonyl (C=O) groups is 1. The number of anilines is 1. The summed E-state index contributed by atoms with van der Waals surface area (Å²) < 4.78 is 0. The van der Waals surface area contributed by atoms with Gasteiger partial charge in [-0.25, -0.2) is 0 Å². The Morgan fingerprint density at radius 2 is 2.11 bits per heavy atom. The Bertz CT molecular complexity index is 837. The predicted octanol–water partition coefficient (Wildman–Crippen LogP) is 3.34. The molecule has 3 rings (SSSR count). The van der Waals surface area contributed by atoms with Gasteiger partial charge in [-0.2, -0.15) is 0 Å². The molecule has 7 nitrogen and oxygen atoms in total. The van der Waals surface area contributed by atoms with E-state index < -0.39 is 4.92 Å². The highest BCUT2D eigenvalue weighted by Gasteiger charge is 2.20. The molecule has 1 fully saturated rings. The van der Waals surface area contributed by atoms with Crippen LogP contribution in [0.3, 0.4) is 0 Å². The second-order valence-corrected chi connectivity index (χ2v) is 6.86. The van der Waals surface area contributed by atoms with Crippen molar-refractivity contribution in [3.05, 3.63) is 68.7 Å². The molecule has 0 radical (unpaired) electrons. The molecule has 0 spiro atoms. The standard InChI is InChI=1S/C19H21ClN4O3/c20-16-6-2-1-4-14(16)11-22-17-8-7-13(10-18(17)24(26)27)19(25)23-15-5-3-9-21-12-15/h1-2,4,6-8,10,15,21-22H,3,5,9,11-12H2,(H,23,25)/t15-/m0/s1. The molecule has 0 aliphatic carbocycles. The fraction of sp³-hybridized carbons (Fsp3) is 0.316. The number of hydrogen-bond acceptors (Lipinski definition) is 5. The summed E-state index contributed by atoms with van der Waals surface area (Å²) in [5.74, 6) is -0.301. The molecule has 1 atom stereocenters. The highest BCUT2D eigenvalue weighted by molar-refractivity contribution is 6.31. The number of hydrogen-bond donors (Lipinski definition) is 3. The summed E-state index contributed by atoms with van der Waals surface area (Å²) in [4.78, 5) is 23.4. The van der Waals surface area contributed by atoms with Crippen molar-refractivity contribution in [3.63, 3.8) is 0 Å². The van der Waals surface area contributed by atoms with E-state index in [0.717, 1.165) is 24.9 Å². The Morgan fingerprint density at radius 1 is 1.30 bits per heavy atom. The van der Waals surface area contributed by atoms with Gasteiger partial charge in [0.1, 0.15) is 5.69 Å². The molecule has 2 aromatic rings. The van der Waals surface area contributed by atoms with Gasteiger partial charge < -0.3 is 16.0 Å². The number of benzene rings is 2. The maximum atomic E-state index is 12.4. The van der Waals surface area contributed by atoms with Gasteiger partial charge in [0.25, 0.3) is 11.6 Å². The van der Waals surface area contributed by atoms with Crippen LogP contribution in [-0.4, -0.2) is 30.0 Å². The predicted molar refractivity (Wildman–Crippen MR) is 105 cm³/mol. The molecule has 27 heavy (non-hydrogen) atoms. The van der Waals surface area contributed by atoms with Gasteiger partial charge in [0.15, 0.2) is 0 Å². The quantitative estimate of drug-likeness (QED) is 0.521. The topological polar surface area (TPSA) is 96.3 Å². The molecule has 0 saturated carbocycles. The molecule has 3 N–H and O–H groups in total. The summed E-state index contributed by atoms with van der Waals surface area (Å²) >= 11 is 6.12. The number of piperidine rings is 1. The second kappa shape index (κ2) is 8.83. The normalized spacial score (nSPS) is 16.6. The largest absolute Gasteiger partial charge is 0.375 e. The molecular weight excluding hydrogens is 368 g/mol. The minimum Gasteiger partial charge on any atom is -0.375 e. The van der Waals surface area contributed by atoms with Crippen LogP contribution >= 0.6 is 11.6 Å². The van der Waals surface area contributed by atoms with Gasteiger partial charge in [-0.1, -0.05) is 29.8 Å². The molecule has 0 unspecified atom stereocenters. The van der Waals surface area contributed by atoms with Crippen LogP contribution in [0.4, 0.5) is 11.4 Å². The Kier molecular flexibility index (Phi) is 6.26. The van der Waals surface area contributed by atoms with E-state index in [1.165, 1.54) is 6.07 Å². The lowest BCUT2D eigenvalue weighted by Gasteiger charge is -2.23. The summed E-state index contributed by atoms with van der Waals surface area (Å²) in [6, 6.07) is 11.8. The van der Waals surface area contributed by atoms with Gasteiger partial charge in [-0.3, -0.25) is 14.9 Å². The second-order valence-electron chi connectivity index (χ2n) is 6.45.